The van der Waals surface area contributed by atoms with E-state index in [0.29, 0.717) is 0 Å². The van der Waals surface area contributed by atoms with Gasteiger partial charge in [0.2, 0.25) is 0 Å². The Morgan fingerprint density at radius 2 is 1.89 bits per heavy atom. The van der Waals surface area contributed by atoms with Gasteiger partial charge in [0, 0.05) is 9.35 Å². The molecule has 0 saturated carbocycles. The largest absolute Gasteiger partial charge is 0.306 e. The molecule has 0 radical (unpaired) electrons. The molecule has 1 N–H and O–H groups in total. The van der Waals surface area contributed by atoms with Gasteiger partial charge >= 0.3 is 0 Å². The van der Waals surface area contributed by atoms with Crippen LogP contribution >= 0.6 is 43.2 Å². The Hall–Kier alpha value is -0.160. The van der Waals surface area contributed by atoms with Gasteiger partial charge in [0.15, 0.2) is 0 Å². The van der Waals surface area contributed by atoms with Crippen LogP contribution in [0.3, 0.4) is 0 Å². The Morgan fingerprint density at radius 3 is 2.42 bits per heavy atom. The fourth-order valence-corrected chi connectivity index (χ4v) is 4.11. The first-order chi connectivity index (χ1) is 9.11. The van der Waals surface area contributed by atoms with Gasteiger partial charge in [0.1, 0.15) is 0 Å². The molecule has 19 heavy (non-hydrogen) atoms. The van der Waals surface area contributed by atoms with Gasteiger partial charge in [-0.05, 0) is 65.1 Å². The molecule has 0 aliphatic heterocycles. The van der Waals surface area contributed by atoms with Crippen molar-refractivity contribution in [1.29, 1.82) is 0 Å². The second-order valence-corrected chi connectivity index (χ2v) is 8.05. The van der Waals surface area contributed by atoms with Crippen LogP contribution in [0.2, 0.25) is 0 Å². The van der Waals surface area contributed by atoms with Crippen molar-refractivity contribution in [2.75, 3.05) is 6.54 Å². The monoisotopic (exact) mass is 401 g/mol. The Kier molecular flexibility index (Phi) is 5.63. The highest BCUT2D eigenvalue weighted by Gasteiger charge is 2.17. The normalized spacial score (nSPS) is 12.6. The predicted octanol–water partition coefficient (Wildman–Crippen LogP) is 5.67. The maximum Gasteiger partial charge on any atom is 0.0704 e. The number of rotatable bonds is 5. The van der Waals surface area contributed by atoms with E-state index in [4.69, 9.17) is 0 Å². The molecule has 1 nitrogen and oxygen atoms in total. The van der Waals surface area contributed by atoms with E-state index in [1.54, 1.807) is 11.3 Å². The van der Waals surface area contributed by atoms with E-state index in [0.717, 1.165) is 17.4 Å². The molecule has 0 fully saturated rings. The third-order valence-corrected chi connectivity index (χ3v) is 5.14. The number of hydrogen-bond acceptors (Lipinski definition) is 2. The van der Waals surface area contributed by atoms with Crippen LogP contribution in [0.4, 0.5) is 0 Å². The molecule has 4 heteroatoms. The summed E-state index contributed by atoms with van der Waals surface area (Å²) in [6, 6.07) is 11.1. The van der Waals surface area contributed by atoms with E-state index < -0.39 is 0 Å². The van der Waals surface area contributed by atoms with Gasteiger partial charge in [0.05, 0.1) is 9.83 Å². The van der Waals surface area contributed by atoms with Crippen molar-refractivity contribution in [3.63, 3.8) is 0 Å². The smallest absolute Gasteiger partial charge is 0.0704 e. The Bertz CT molecular complexity index is 534. The van der Waals surface area contributed by atoms with E-state index in [2.05, 4.69) is 81.4 Å². The zero-order valence-corrected chi connectivity index (χ0v) is 15.0. The van der Waals surface area contributed by atoms with Crippen molar-refractivity contribution in [2.24, 2.45) is 0 Å². The Morgan fingerprint density at radius 1 is 1.21 bits per heavy atom. The van der Waals surface area contributed by atoms with Gasteiger partial charge in [-0.2, -0.15) is 0 Å². The third kappa shape index (κ3) is 3.91. The van der Waals surface area contributed by atoms with E-state index in [1.807, 2.05) is 0 Å². The molecule has 0 aliphatic rings. The fourth-order valence-electron chi connectivity index (χ4n) is 2.10. The summed E-state index contributed by atoms with van der Waals surface area (Å²) in [6.07, 6.45) is 1.14. The summed E-state index contributed by atoms with van der Waals surface area (Å²) in [6.45, 7) is 5.40. The Labute approximate surface area is 135 Å². The van der Waals surface area contributed by atoms with Crippen LogP contribution in [0.15, 0.2) is 38.6 Å². The first-order valence-corrected chi connectivity index (χ1v) is 8.76. The molecule has 0 saturated heterocycles. The molecule has 2 aromatic rings. The zero-order valence-electron chi connectivity index (χ0n) is 11.0. The molecule has 0 spiro atoms. The highest BCUT2D eigenvalue weighted by molar-refractivity contribution is 9.11. The number of aryl methyl sites for hydroxylation is 1. The SMILES string of the molecule is CCCNC(c1ccc(Br)cc1)c1cc(Br)sc1C. The summed E-state index contributed by atoms with van der Waals surface area (Å²) >= 11 is 8.88. The lowest BCUT2D eigenvalue weighted by atomic mass is 9.99. The summed E-state index contributed by atoms with van der Waals surface area (Å²) in [5.41, 5.74) is 2.68. The van der Waals surface area contributed by atoms with Crippen LogP contribution in [0, 0.1) is 6.92 Å². The summed E-state index contributed by atoms with van der Waals surface area (Å²) < 4.78 is 2.31. The molecule has 1 aromatic heterocycles. The van der Waals surface area contributed by atoms with Crippen LogP contribution in [0.1, 0.15) is 35.4 Å². The van der Waals surface area contributed by atoms with Crippen molar-refractivity contribution < 1.29 is 0 Å². The minimum atomic E-state index is 0.274. The molecule has 0 amide bonds. The van der Waals surface area contributed by atoms with Gasteiger partial charge in [-0.15, -0.1) is 11.3 Å². The van der Waals surface area contributed by atoms with E-state index in [-0.39, 0.29) is 6.04 Å². The van der Waals surface area contributed by atoms with E-state index >= 15 is 0 Å². The lowest BCUT2D eigenvalue weighted by molar-refractivity contribution is 0.598. The van der Waals surface area contributed by atoms with E-state index in [9.17, 15) is 0 Å². The van der Waals surface area contributed by atoms with Crippen LogP contribution in [-0.2, 0) is 0 Å². The first-order valence-electron chi connectivity index (χ1n) is 6.36. The van der Waals surface area contributed by atoms with Gasteiger partial charge in [-0.25, -0.2) is 0 Å². The average Bonchev–Trinajstić information content (AvgIpc) is 2.71. The molecule has 0 aliphatic carbocycles. The molecular weight excluding hydrogens is 386 g/mol. The average molecular weight is 403 g/mol. The molecule has 1 heterocycles. The fraction of sp³-hybridized carbons (Fsp3) is 0.333. The van der Waals surface area contributed by atoms with Crippen LogP contribution < -0.4 is 5.32 Å². The molecular formula is C15H17Br2NS. The maximum absolute atomic E-state index is 3.65. The third-order valence-electron chi connectivity index (χ3n) is 3.04. The number of benzene rings is 1. The number of thiophene rings is 1. The van der Waals surface area contributed by atoms with Crippen molar-refractivity contribution in [1.82, 2.24) is 5.32 Å². The van der Waals surface area contributed by atoms with Crippen molar-refractivity contribution in [3.8, 4) is 0 Å². The van der Waals surface area contributed by atoms with Crippen molar-refractivity contribution in [2.45, 2.75) is 26.3 Å². The summed E-state index contributed by atoms with van der Waals surface area (Å²) in [5, 5.41) is 3.65. The quantitative estimate of drug-likeness (QED) is 0.679. The predicted molar refractivity (Wildman–Crippen MR) is 91.0 cm³/mol. The van der Waals surface area contributed by atoms with Gasteiger partial charge in [0.25, 0.3) is 0 Å². The zero-order chi connectivity index (χ0) is 13.8. The van der Waals surface area contributed by atoms with Crippen molar-refractivity contribution in [3.05, 3.63) is 54.6 Å². The van der Waals surface area contributed by atoms with Crippen LogP contribution in [0.25, 0.3) is 0 Å². The second kappa shape index (κ2) is 7.02. The number of hydrogen-bond donors (Lipinski definition) is 1. The summed E-state index contributed by atoms with van der Waals surface area (Å²) in [4.78, 5) is 1.36. The van der Waals surface area contributed by atoms with Crippen LogP contribution in [0.5, 0.6) is 0 Å². The second-order valence-electron chi connectivity index (χ2n) is 4.50. The van der Waals surface area contributed by atoms with Gasteiger partial charge in [-0.1, -0.05) is 35.0 Å². The lowest BCUT2D eigenvalue weighted by Crippen LogP contribution is -2.23. The first kappa shape index (κ1) is 15.2. The lowest BCUT2D eigenvalue weighted by Gasteiger charge is -2.19. The molecule has 102 valence electrons. The highest BCUT2D eigenvalue weighted by Crippen LogP contribution is 2.34. The van der Waals surface area contributed by atoms with Gasteiger partial charge < -0.3 is 5.32 Å². The summed E-state index contributed by atoms with van der Waals surface area (Å²) in [5.74, 6) is 0. The van der Waals surface area contributed by atoms with Gasteiger partial charge in [-0.3, -0.25) is 0 Å². The van der Waals surface area contributed by atoms with Crippen LogP contribution in [-0.4, -0.2) is 6.54 Å². The highest BCUT2D eigenvalue weighted by atomic mass is 79.9. The molecule has 1 aromatic carbocycles. The molecule has 1 unspecified atom stereocenters. The molecule has 0 bridgehead atoms. The Balaban J connectivity index is 2.35. The number of halogens is 2. The standard InChI is InChI=1S/C15H17Br2NS/c1-3-8-18-15(11-4-6-12(16)7-5-11)13-9-14(17)19-10(13)2/h4-7,9,15,18H,3,8H2,1-2H3. The minimum absolute atomic E-state index is 0.274. The van der Waals surface area contributed by atoms with Crippen molar-refractivity contribution >= 4 is 43.2 Å². The number of nitrogens with one attached hydrogen (secondary N) is 1. The van der Waals surface area contributed by atoms with E-state index in [1.165, 1.54) is 19.8 Å². The summed E-state index contributed by atoms with van der Waals surface area (Å²) in [7, 11) is 0. The molecule has 1 atom stereocenters. The minimum Gasteiger partial charge on any atom is -0.306 e. The topological polar surface area (TPSA) is 12.0 Å². The molecule has 2 rings (SSSR count). The maximum atomic E-state index is 3.65.